The molecule has 0 aliphatic carbocycles. The second-order valence-corrected chi connectivity index (χ2v) is 6.08. The van der Waals surface area contributed by atoms with Gasteiger partial charge in [-0.1, -0.05) is 18.2 Å². The zero-order valence-corrected chi connectivity index (χ0v) is 11.9. The van der Waals surface area contributed by atoms with Crippen LogP contribution in [0.25, 0.3) is 10.9 Å². The van der Waals surface area contributed by atoms with Crippen molar-refractivity contribution >= 4 is 16.8 Å². The Kier molecular flexibility index (Phi) is 3.05. The minimum atomic E-state index is -0.863. The predicted molar refractivity (Wildman–Crippen MR) is 78.7 cm³/mol. The summed E-state index contributed by atoms with van der Waals surface area (Å²) in [6.45, 7) is 4.26. The lowest BCUT2D eigenvalue weighted by atomic mass is 9.96. The molecule has 20 heavy (non-hydrogen) atoms. The van der Waals surface area contributed by atoms with E-state index in [1.807, 2.05) is 30.3 Å². The highest BCUT2D eigenvalue weighted by Crippen LogP contribution is 2.28. The Hall–Kier alpha value is -1.81. The highest BCUT2D eigenvalue weighted by Gasteiger charge is 2.39. The van der Waals surface area contributed by atoms with Crippen molar-refractivity contribution in [3.63, 3.8) is 0 Å². The fourth-order valence-electron chi connectivity index (χ4n) is 3.09. The van der Waals surface area contributed by atoms with E-state index in [0.717, 1.165) is 23.7 Å². The minimum Gasteiger partial charge on any atom is -0.388 e. The van der Waals surface area contributed by atoms with E-state index in [9.17, 15) is 9.90 Å². The van der Waals surface area contributed by atoms with Crippen LogP contribution in [0.4, 0.5) is 0 Å². The highest BCUT2D eigenvalue weighted by molar-refractivity contribution is 5.98. The maximum Gasteiger partial charge on any atom is 0.270 e. The SMILES string of the molecule is CC(C)(O)C1CCCN1C(=O)c1cc2ccccc2[nH]1. The number of aliphatic hydroxyl groups is 1. The smallest absolute Gasteiger partial charge is 0.270 e. The van der Waals surface area contributed by atoms with Gasteiger partial charge in [0.05, 0.1) is 11.6 Å². The van der Waals surface area contributed by atoms with Gasteiger partial charge in [-0.15, -0.1) is 0 Å². The predicted octanol–water partition coefficient (Wildman–Crippen LogP) is 2.54. The number of H-pyrrole nitrogens is 1. The van der Waals surface area contributed by atoms with Gasteiger partial charge >= 0.3 is 0 Å². The third kappa shape index (κ3) is 2.20. The number of likely N-dealkylation sites (tertiary alicyclic amines) is 1. The number of aromatic amines is 1. The molecule has 0 saturated carbocycles. The molecule has 2 N–H and O–H groups in total. The summed E-state index contributed by atoms with van der Waals surface area (Å²) in [6, 6.07) is 9.63. The van der Waals surface area contributed by atoms with Crippen LogP contribution in [0.15, 0.2) is 30.3 Å². The van der Waals surface area contributed by atoms with E-state index >= 15 is 0 Å². The van der Waals surface area contributed by atoms with E-state index in [-0.39, 0.29) is 11.9 Å². The van der Waals surface area contributed by atoms with Gasteiger partial charge in [0.15, 0.2) is 0 Å². The largest absolute Gasteiger partial charge is 0.388 e. The summed E-state index contributed by atoms with van der Waals surface area (Å²) in [4.78, 5) is 17.6. The van der Waals surface area contributed by atoms with E-state index in [1.165, 1.54) is 0 Å². The van der Waals surface area contributed by atoms with Gasteiger partial charge in [0.1, 0.15) is 5.69 Å². The van der Waals surface area contributed by atoms with Gasteiger partial charge in [-0.25, -0.2) is 0 Å². The van der Waals surface area contributed by atoms with Crippen LogP contribution in [0.1, 0.15) is 37.2 Å². The average molecular weight is 272 g/mol. The minimum absolute atomic E-state index is 0.0224. The van der Waals surface area contributed by atoms with Gasteiger partial charge in [0.2, 0.25) is 0 Å². The quantitative estimate of drug-likeness (QED) is 0.882. The maximum atomic E-state index is 12.7. The van der Waals surface area contributed by atoms with Crippen molar-refractivity contribution in [3.8, 4) is 0 Å². The Morgan fingerprint density at radius 2 is 2.15 bits per heavy atom. The number of fused-ring (bicyclic) bond motifs is 1. The summed E-state index contributed by atoms with van der Waals surface area (Å²) in [5, 5.41) is 11.3. The molecule has 1 fully saturated rings. The first-order chi connectivity index (χ1) is 9.47. The molecule has 4 nitrogen and oxygen atoms in total. The summed E-state index contributed by atoms with van der Waals surface area (Å²) in [5.41, 5.74) is 0.704. The molecule has 3 rings (SSSR count). The maximum absolute atomic E-state index is 12.7. The van der Waals surface area contributed by atoms with Crippen LogP contribution in [0.2, 0.25) is 0 Å². The fourth-order valence-corrected chi connectivity index (χ4v) is 3.09. The van der Waals surface area contributed by atoms with Crippen LogP contribution in [0.3, 0.4) is 0 Å². The lowest BCUT2D eigenvalue weighted by Gasteiger charge is -2.33. The molecule has 1 aromatic heterocycles. The first-order valence-corrected chi connectivity index (χ1v) is 7.08. The Bertz CT molecular complexity index is 606. The third-order valence-electron chi connectivity index (χ3n) is 4.09. The van der Waals surface area contributed by atoms with Gasteiger partial charge in [-0.3, -0.25) is 4.79 Å². The number of hydrogen-bond acceptors (Lipinski definition) is 2. The van der Waals surface area contributed by atoms with Crippen LogP contribution in [0.5, 0.6) is 0 Å². The van der Waals surface area contributed by atoms with Crippen LogP contribution in [0, 0.1) is 0 Å². The molecule has 1 aliphatic rings. The highest BCUT2D eigenvalue weighted by atomic mass is 16.3. The molecule has 4 heteroatoms. The summed E-state index contributed by atoms with van der Waals surface area (Å²) in [5.74, 6) is -0.0224. The standard InChI is InChI=1S/C16H20N2O2/c1-16(2,20)14-8-5-9-18(14)15(19)13-10-11-6-3-4-7-12(11)17-13/h3-4,6-7,10,14,17,20H,5,8-9H2,1-2H3. The topological polar surface area (TPSA) is 56.3 Å². The number of amides is 1. The van der Waals surface area contributed by atoms with Crippen molar-refractivity contribution in [2.24, 2.45) is 0 Å². The molecule has 1 aliphatic heterocycles. The van der Waals surface area contributed by atoms with Crippen LogP contribution in [-0.4, -0.2) is 39.1 Å². The number of nitrogens with one attached hydrogen (secondary N) is 1. The Morgan fingerprint density at radius 1 is 1.40 bits per heavy atom. The molecule has 2 heterocycles. The Morgan fingerprint density at radius 3 is 2.85 bits per heavy atom. The van der Waals surface area contributed by atoms with Crippen LogP contribution < -0.4 is 0 Å². The zero-order chi connectivity index (χ0) is 14.3. The number of nitrogens with zero attached hydrogens (tertiary/aromatic N) is 1. The first-order valence-electron chi connectivity index (χ1n) is 7.08. The number of para-hydroxylation sites is 1. The lowest BCUT2D eigenvalue weighted by molar-refractivity contribution is 0.000157. The van der Waals surface area contributed by atoms with E-state index < -0.39 is 5.60 Å². The van der Waals surface area contributed by atoms with Crippen molar-refractivity contribution in [2.75, 3.05) is 6.54 Å². The van der Waals surface area contributed by atoms with E-state index in [0.29, 0.717) is 12.2 Å². The second kappa shape index (κ2) is 4.63. The van der Waals surface area contributed by atoms with Crippen molar-refractivity contribution in [1.82, 2.24) is 9.88 Å². The molecule has 106 valence electrons. The van der Waals surface area contributed by atoms with E-state index in [4.69, 9.17) is 0 Å². The van der Waals surface area contributed by atoms with Crippen molar-refractivity contribution < 1.29 is 9.90 Å². The number of carbonyl (C=O) groups is 1. The van der Waals surface area contributed by atoms with E-state index in [2.05, 4.69) is 4.98 Å². The molecule has 1 aromatic carbocycles. The van der Waals surface area contributed by atoms with Gasteiger partial charge in [0.25, 0.3) is 5.91 Å². The monoisotopic (exact) mass is 272 g/mol. The van der Waals surface area contributed by atoms with Crippen LogP contribution in [-0.2, 0) is 0 Å². The lowest BCUT2D eigenvalue weighted by Crippen LogP contribution is -2.48. The number of hydrogen-bond donors (Lipinski definition) is 2. The summed E-state index contributed by atoms with van der Waals surface area (Å²) in [7, 11) is 0. The molecule has 0 radical (unpaired) electrons. The van der Waals surface area contributed by atoms with E-state index in [1.54, 1.807) is 18.7 Å². The summed E-state index contributed by atoms with van der Waals surface area (Å²) < 4.78 is 0. The molecule has 2 aromatic rings. The molecule has 0 spiro atoms. The van der Waals surface area contributed by atoms with Crippen molar-refractivity contribution in [2.45, 2.75) is 38.3 Å². The summed E-state index contributed by atoms with van der Waals surface area (Å²) >= 11 is 0. The Balaban J connectivity index is 1.91. The third-order valence-corrected chi connectivity index (χ3v) is 4.09. The normalized spacial score (nSPS) is 19.8. The molecule has 1 saturated heterocycles. The summed E-state index contributed by atoms with van der Waals surface area (Å²) in [6.07, 6.45) is 1.80. The second-order valence-electron chi connectivity index (χ2n) is 6.08. The van der Waals surface area contributed by atoms with Gasteiger partial charge in [-0.2, -0.15) is 0 Å². The van der Waals surface area contributed by atoms with Crippen LogP contribution >= 0.6 is 0 Å². The first kappa shape index (κ1) is 13.2. The molecular weight excluding hydrogens is 252 g/mol. The van der Waals surface area contributed by atoms with Crippen molar-refractivity contribution in [1.29, 1.82) is 0 Å². The molecule has 1 amide bonds. The number of rotatable bonds is 2. The number of benzene rings is 1. The fraction of sp³-hybridized carbons (Fsp3) is 0.438. The zero-order valence-electron chi connectivity index (χ0n) is 11.9. The molecule has 0 bridgehead atoms. The molecule has 1 atom stereocenters. The van der Waals surface area contributed by atoms with Gasteiger partial charge in [-0.05, 0) is 38.8 Å². The van der Waals surface area contributed by atoms with Gasteiger partial charge < -0.3 is 15.0 Å². The number of aromatic nitrogens is 1. The Labute approximate surface area is 118 Å². The molecular formula is C16H20N2O2. The molecule has 1 unspecified atom stereocenters. The van der Waals surface area contributed by atoms with Gasteiger partial charge in [0, 0.05) is 17.4 Å². The number of carbonyl (C=O) groups excluding carboxylic acids is 1. The average Bonchev–Trinajstić information content (AvgIpc) is 3.03. The van der Waals surface area contributed by atoms with Crippen molar-refractivity contribution in [3.05, 3.63) is 36.0 Å².